The zero-order valence-electron chi connectivity index (χ0n) is 12.3. The van der Waals surface area contributed by atoms with Gasteiger partial charge in [0.25, 0.3) is 0 Å². The topological polar surface area (TPSA) is 21.3 Å². The number of ether oxygens (including phenoxy) is 1. The van der Waals surface area contributed by atoms with Crippen molar-refractivity contribution < 1.29 is 9.13 Å². The minimum absolute atomic E-state index is 0.236. The quantitative estimate of drug-likeness (QED) is 0.681. The van der Waals surface area contributed by atoms with Crippen molar-refractivity contribution in [3.63, 3.8) is 0 Å². The third-order valence-electron chi connectivity index (χ3n) is 3.19. The van der Waals surface area contributed by atoms with Gasteiger partial charge >= 0.3 is 0 Å². The zero-order valence-corrected chi connectivity index (χ0v) is 12.3. The van der Waals surface area contributed by atoms with Crippen LogP contribution in [0, 0.1) is 12.7 Å². The molecule has 1 aromatic carbocycles. The highest BCUT2D eigenvalue weighted by molar-refractivity contribution is 5.29. The monoisotopic (exact) mass is 267 g/mol. The lowest BCUT2D eigenvalue weighted by Crippen LogP contribution is -2.26. The Kier molecular flexibility index (Phi) is 7.49. The van der Waals surface area contributed by atoms with Crippen LogP contribution in [-0.4, -0.2) is 19.2 Å². The molecule has 0 saturated carbocycles. The van der Waals surface area contributed by atoms with Crippen molar-refractivity contribution in [2.75, 3.05) is 13.2 Å². The molecule has 3 heteroatoms. The number of hydrogen-bond donors (Lipinski definition) is 1. The fourth-order valence-corrected chi connectivity index (χ4v) is 1.96. The second-order valence-corrected chi connectivity index (χ2v) is 5.09. The van der Waals surface area contributed by atoms with E-state index in [1.165, 1.54) is 6.42 Å². The van der Waals surface area contributed by atoms with Gasteiger partial charge in [-0.1, -0.05) is 19.1 Å². The SMILES string of the molecule is CCCNC(C)CCCCOc1cccc(C)c1F. The van der Waals surface area contributed by atoms with Gasteiger partial charge in [-0.05, 0) is 57.7 Å². The van der Waals surface area contributed by atoms with Gasteiger partial charge in [-0.3, -0.25) is 0 Å². The molecule has 1 rings (SSSR count). The molecule has 0 spiro atoms. The minimum Gasteiger partial charge on any atom is -0.491 e. The Labute approximate surface area is 116 Å². The number of aryl methyl sites for hydroxylation is 1. The molecule has 1 atom stereocenters. The maximum absolute atomic E-state index is 13.6. The van der Waals surface area contributed by atoms with Crippen LogP contribution in [0.1, 0.15) is 45.1 Å². The van der Waals surface area contributed by atoms with Gasteiger partial charge in [-0.25, -0.2) is 4.39 Å². The molecule has 0 aliphatic rings. The predicted octanol–water partition coefficient (Wildman–Crippen LogP) is 4.07. The van der Waals surface area contributed by atoms with Crippen LogP contribution in [0.3, 0.4) is 0 Å². The van der Waals surface area contributed by atoms with Crippen molar-refractivity contribution in [3.8, 4) is 5.75 Å². The zero-order chi connectivity index (χ0) is 14.1. The molecule has 2 nitrogen and oxygen atoms in total. The molecule has 0 amide bonds. The Morgan fingerprint density at radius 3 is 2.84 bits per heavy atom. The van der Waals surface area contributed by atoms with E-state index in [1.54, 1.807) is 19.1 Å². The van der Waals surface area contributed by atoms with E-state index in [4.69, 9.17) is 4.74 Å². The molecule has 0 saturated heterocycles. The largest absolute Gasteiger partial charge is 0.491 e. The van der Waals surface area contributed by atoms with Crippen LogP contribution < -0.4 is 10.1 Å². The molecular formula is C16H26FNO. The molecule has 0 fully saturated rings. The molecule has 19 heavy (non-hydrogen) atoms. The number of nitrogens with one attached hydrogen (secondary N) is 1. The van der Waals surface area contributed by atoms with E-state index >= 15 is 0 Å². The first-order valence-electron chi connectivity index (χ1n) is 7.26. The van der Waals surface area contributed by atoms with Crippen LogP contribution in [0.5, 0.6) is 5.75 Å². The Morgan fingerprint density at radius 2 is 2.11 bits per heavy atom. The first-order valence-corrected chi connectivity index (χ1v) is 7.26. The molecular weight excluding hydrogens is 241 g/mol. The summed E-state index contributed by atoms with van der Waals surface area (Å²) in [5.74, 6) is 0.137. The summed E-state index contributed by atoms with van der Waals surface area (Å²) in [4.78, 5) is 0. The van der Waals surface area contributed by atoms with Crippen LogP contribution >= 0.6 is 0 Å². The normalized spacial score (nSPS) is 12.4. The lowest BCUT2D eigenvalue weighted by Gasteiger charge is -2.13. The average molecular weight is 267 g/mol. The molecule has 0 aliphatic carbocycles. The minimum atomic E-state index is -0.236. The predicted molar refractivity (Wildman–Crippen MR) is 78.2 cm³/mol. The second kappa shape index (κ2) is 8.92. The van der Waals surface area contributed by atoms with Gasteiger partial charge < -0.3 is 10.1 Å². The highest BCUT2D eigenvalue weighted by Gasteiger charge is 2.05. The number of benzene rings is 1. The molecule has 0 aliphatic heterocycles. The fourth-order valence-electron chi connectivity index (χ4n) is 1.96. The molecule has 0 radical (unpaired) electrons. The van der Waals surface area contributed by atoms with Crippen molar-refractivity contribution in [3.05, 3.63) is 29.6 Å². The molecule has 0 aromatic heterocycles. The smallest absolute Gasteiger partial charge is 0.167 e. The van der Waals surface area contributed by atoms with E-state index in [1.807, 2.05) is 6.07 Å². The molecule has 0 bridgehead atoms. The third-order valence-corrected chi connectivity index (χ3v) is 3.19. The van der Waals surface area contributed by atoms with Crippen LogP contribution in [-0.2, 0) is 0 Å². The van der Waals surface area contributed by atoms with Gasteiger partial charge in [0.05, 0.1) is 6.61 Å². The van der Waals surface area contributed by atoms with Crippen LogP contribution in [0.2, 0.25) is 0 Å². The maximum Gasteiger partial charge on any atom is 0.167 e. The van der Waals surface area contributed by atoms with E-state index in [-0.39, 0.29) is 5.82 Å². The van der Waals surface area contributed by atoms with Crippen LogP contribution in [0.4, 0.5) is 4.39 Å². The lowest BCUT2D eigenvalue weighted by atomic mass is 10.1. The lowest BCUT2D eigenvalue weighted by molar-refractivity contribution is 0.287. The fraction of sp³-hybridized carbons (Fsp3) is 0.625. The van der Waals surface area contributed by atoms with Crippen molar-refractivity contribution in [1.82, 2.24) is 5.32 Å². The van der Waals surface area contributed by atoms with Gasteiger partial charge in [0.2, 0.25) is 0 Å². The summed E-state index contributed by atoms with van der Waals surface area (Å²) in [5.41, 5.74) is 0.634. The number of halogens is 1. The summed E-state index contributed by atoms with van der Waals surface area (Å²) >= 11 is 0. The van der Waals surface area contributed by atoms with Crippen molar-refractivity contribution in [2.24, 2.45) is 0 Å². The molecule has 1 aromatic rings. The van der Waals surface area contributed by atoms with Gasteiger partial charge in [0, 0.05) is 6.04 Å². The summed E-state index contributed by atoms with van der Waals surface area (Å²) in [6.45, 7) is 7.79. The Balaban J connectivity index is 2.15. The van der Waals surface area contributed by atoms with Gasteiger partial charge in [-0.2, -0.15) is 0 Å². The second-order valence-electron chi connectivity index (χ2n) is 5.09. The number of hydrogen-bond acceptors (Lipinski definition) is 2. The van der Waals surface area contributed by atoms with Crippen molar-refractivity contribution >= 4 is 0 Å². The van der Waals surface area contributed by atoms with E-state index in [2.05, 4.69) is 19.2 Å². The highest BCUT2D eigenvalue weighted by Crippen LogP contribution is 2.19. The number of rotatable bonds is 9. The van der Waals surface area contributed by atoms with Gasteiger partial charge in [-0.15, -0.1) is 0 Å². The molecule has 1 unspecified atom stereocenters. The Morgan fingerprint density at radius 1 is 1.32 bits per heavy atom. The maximum atomic E-state index is 13.6. The Bertz CT molecular complexity index is 368. The molecule has 108 valence electrons. The number of unbranched alkanes of at least 4 members (excludes halogenated alkanes) is 1. The van der Waals surface area contributed by atoms with Crippen LogP contribution in [0.15, 0.2) is 18.2 Å². The first-order chi connectivity index (χ1) is 9.15. The van der Waals surface area contributed by atoms with Crippen LogP contribution in [0.25, 0.3) is 0 Å². The summed E-state index contributed by atoms with van der Waals surface area (Å²) < 4.78 is 19.1. The average Bonchev–Trinajstić information content (AvgIpc) is 2.40. The summed E-state index contributed by atoms with van der Waals surface area (Å²) in [6, 6.07) is 5.82. The summed E-state index contributed by atoms with van der Waals surface area (Å²) in [6.07, 6.45) is 4.37. The van der Waals surface area contributed by atoms with E-state index in [9.17, 15) is 4.39 Å². The first kappa shape index (κ1) is 16.0. The van der Waals surface area contributed by atoms with Gasteiger partial charge in [0.1, 0.15) is 0 Å². The van der Waals surface area contributed by atoms with E-state index in [0.717, 1.165) is 25.8 Å². The molecule has 0 heterocycles. The summed E-state index contributed by atoms with van der Waals surface area (Å²) in [5, 5.41) is 3.46. The third kappa shape index (κ3) is 6.06. The van der Waals surface area contributed by atoms with Crippen molar-refractivity contribution in [2.45, 2.75) is 52.5 Å². The van der Waals surface area contributed by atoms with Gasteiger partial charge in [0.15, 0.2) is 11.6 Å². The summed E-state index contributed by atoms with van der Waals surface area (Å²) in [7, 11) is 0. The molecule has 1 N–H and O–H groups in total. The Hall–Kier alpha value is -1.09. The standard InChI is InChI=1S/C16H26FNO/c1-4-11-18-14(3)9-5-6-12-19-15-10-7-8-13(2)16(15)17/h7-8,10,14,18H,4-6,9,11-12H2,1-3H3. The highest BCUT2D eigenvalue weighted by atomic mass is 19.1. The van der Waals surface area contributed by atoms with Crippen molar-refractivity contribution in [1.29, 1.82) is 0 Å². The van der Waals surface area contributed by atoms with E-state index < -0.39 is 0 Å². The van der Waals surface area contributed by atoms with E-state index in [0.29, 0.717) is 24.0 Å².